The van der Waals surface area contributed by atoms with Crippen molar-refractivity contribution >= 4 is 5.69 Å². The van der Waals surface area contributed by atoms with E-state index in [9.17, 15) is 10.1 Å². The van der Waals surface area contributed by atoms with Crippen molar-refractivity contribution in [1.82, 2.24) is 0 Å². The Morgan fingerprint density at radius 2 is 2.00 bits per heavy atom. The molecule has 0 amide bonds. The van der Waals surface area contributed by atoms with Crippen molar-refractivity contribution in [3.63, 3.8) is 0 Å². The van der Waals surface area contributed by atoms with Crippen molar-refractivity contribution < 1.29 is 9.66 Å². The van der Waals surface area contributed by atoms with Gasteiger partial charge in [0.15, 0.2) is 5.75 Å². The second kappa shape index (κ2) is 8.48. The molecule has 0 saturated heterocycles. The molecule has 5 nitrogen and oxygen atoms in total. The fourth-order valence-corrected chi connectivity index (χ4v) is 1.84. The third-order valence-corrected chi connectivity index (χ3v) is 2.96. The van der Waals surface area contributed by atoms with Gasteiger partial charge in [0.05, 0.1) is 11.5 Å². The molecule has 1 aromatic rings. The van der Waals surface area contributed by atoms with Crippen LogP contribution in [0.3, 0.4) is 0 Å². The van der Waals surface area contributed by atoms with E-state index in [1.807, 2.05) is 0 Å². The molecule has 0 radical (unpaired) electrons. The highest BCUT2D eigenvalue weighted by molar-refractivity contribution is 5.48. The predicted octanol–water partition coefficient (Wildman–Crippen LogP) is 3.40. The number of nitrogens with two attached hydrogens (primary N) is 1. The molecule has 0 atom stereocenters. The fraction of sp³-hybridized carbons (Fsp3) is 0.571. The summed E-state index contributed by atoms with van der Waals surface area (Å²) < 4.78 is 5.50. The SMILES string of the molecule is CCCCCCCOc1ccc(CN)cc1[N+](=O)[O-]. The normalized spacial score (nSPS) is 10.4. The van der Waals surface area contributed by atoms with Gasteiger partial charge in [0.25, 0.3) is 0 Å². The molecular weight excluding hydrogens is 244 g/mol. The van der Waals surface area contributed by atoms with Gasteiger partial charge in [0.1, 0.15) is 0 Å². The lowest BCUT2D eigenvalue weighted by atomic mass is 10.1. The Bertz CT molecular complexity index is 408. The van der Waals surface area contributed by atoms with Crippen molar-refractivity contribution in [3.8, 4) is 5.75 Å². The van der Waals surface area contributed by atoms with Gasteiger partial charge < -0.3 is 10.5 Å². The van der Waals surface area contributed by atoms with Crippen LogP contribution in [0.2, 0.25) is 0 Å². The Morgan fingerprint density at radius 1 is 1.26 bits per heavy atom. The van der Waals surface area contributed by atoms with Gasteiger partial charge in [-0.05, 0) is 18.1 Å². The van der Waals surface area contributed by atoms with Crippen LogP contribution in [0, 0.1) is 10.1 Å². The van der Waals surface area contributed by atoms with Crippen LogP contribution >= 0.6 is 0 Å². The summed E-state index contributed by atoms with van der Waals surface area (Å²) in [5.41, 5.74) is 6.21. The van der Waals surface area contributed by atoms with E-state index in [2.05, 4.69) is 6.92 Å². The molecule has 1 aromatic carbocycles. The lowest BCUT2D eigenvalue weighted by Gasteiger charge is -2.07. The molecule has 0 heterocycles. The topological polar surface area (TPSA) is 78.4 Å². The minimum Gasteiger partial charge on any atom is -0.487 e. The highest BCUT2D eigenvalue weighted by Crippen LogP contribution is 2.28. The minimum absolute atomic E-state index is 0.00323. The highest BCUT2D eigenvalue weighted by Gasteiger charge is 2.15. The van der Waals surface area contributed by atoms with E-state index < -0.39 is 4.92 Å². The smallest absolute Gasteiger partial charge is 0.311 e. The van der Waals surface area contributed by atoms with Crippen molar-refractivity contribution in [2.45, 2.75) is 45.6 Å². The van der Waals surface area contributed by atoms with Crippen molar-refractivity contribution in [3.05, 3.63) is 33.9 Å². The molecule has 106 valence electrons. The van der Waals surface area contributed by atoms with Crippen LogP contribution in [-0.4, -0.2) is 11.5 Å². The van der Waals surface area contributed by atoms with Gasteiger partial charge in [0, 0.05) is 12.6 Å². The summed E-state index contributed by atoms with van der Waals surface area (Å²) >= 11 is 0. The fourth-order valence-electron chi connectivity index (χ4n) is 1.84. The zero-order valence-electron chi connectivity index (χ0n) is 11.4. The van der Waals surface area contributed by atoms with E-state index >= 15 is 0 Å². The summed E-state index contributed by atoms with van der Waals surface area (Å²) in [7, 11) is 0. The predicted molar refractivity (Wildman–Crippen MR) is 75.2 cm³/mol. The van der Waals surface area contributed by atoms with Gasteiger partial charge in [-0.2, -0.15) is 0 Å². The van der Waals surface area contributed by atoms with E-state index in [1.54, 1.807) is 12.1 Å². The largest absolute Gasteiger partial charge is 0.487 e. The van der Waals surface area contributed by atoms with Crippen LogP contribution in [0.5, 0.6) is 5.75 Å². The van der Waals surface area contributed by atoms with Crippen molar-refractivity contribution in [2.24, 2.45) is 5.73 Å². The quantitative estimate of drug-likeness (QED) is 0.422. The Morgan fingerprint density at radius 3 is 2.63 bits per heavy atom. The molecule has 0 fully saturated rings. The number of unbranched alkanes of at least 4 members (excludes halogenated alkanes) is 4. The number of hydrogen-bond donors (Lipinski definition) is 1. The first-order valence-electron chi connectivity index (χ1n) is 6.79. The summed E-state index contributed by atoms with van der Waals surface area (Å²) in [5.74, 6) is 0.331. The molecule has 5 heteroatoms. The standard InChI is InChI=1S/C14H22N2O3/c1-2-3-4-5-6-9-19-14-8-7-12(11-15)10-13(14)16(17)18/h7-8,10H,2-6,9,11,15H2,1H3. The molecule has 0 bridgehead atoms. The number of rotatable bonds is 9. The number of nitrogens with zero attached hydrogens (tertiary/aromatic N) is 1. The lowest BCUT2D eigenvalue weighted by Crippen LogP contribution is -2.03. The summed E-state index contributed by atoms with van der Waals surface area (Å²) in [6.45, 7) is 2.98. The maximum Gasteiger partial charge on any atom is 0.311 e. The Labute approximate surface area is 113 Å². The summed E-state index contributed by atoms with van der Waals surface area (Å²) in [6.07, 6.45) is 5.64. The van der Waals surface area contributed by atoms with Crippen LogP contribution in [-0.2, 0) is 6.54 Å². The van der Waals surface area contributed by atoms with E-state index in [4.69, 9.17) is 10.5 Å². The van der Waals surface area contributed by atoms with Crippen LogP contribution in [0.4, 0.5) is 5.69 Å². The second-order valence-electron chi connectivity index (χ2n) is 4.53. The minimum atomic E-state index is -0.425. The van der Waals surface area contributed by atoms with Crippen LogP contribution in [0.15, 0.2) is 18.2 Å². The first-order chi connectivity index (χ1) is 9.19. The Balaban J connectivity index is 2.50. The van der Waals surface area contributed by atoms with Gasteiger partial charge in [-0.25, -0.2) is 0 Å². The Kier molecular flexibility index (Phi) is 6.89. The van der Waals surface area contributed by atoms with Crippen LogP contribution in [0.25, 0.3) is 0 Å². The molecule has 1 rings (SSSR count). The molecule has 2 N–H and O–H groups in total. The summed E-state index contributed by atoms with van der Waals surface area (Å²) in [6, 6.07) is 4.87. The van der Waals surface area contributed by atoms with Crippen LogP contribution in [0.1, 0.15) is 44.6 Å². The monoisotopic (exact) mass is 266 g/mol. The molecule has 0 saturated carbocycles. The van der Waals surface area contributed by atoms with E-state index in [0.717, 1.165) is 18.4 Å². The van der Waals surface area contributed by atoms with E-state index in [0.29, 0.717) is 12.4 Å². The van der Waals surface area contributed by atoms with Gasteiger partial charge in [-0.1, -0.05) is 38.7 Å². The average Bonchev–Trinajstić information content (AvgIpc) is 2.42. The molecular formula is C14H22N2O3. The highest BCUT2D eigenvalue weighted by atomic mass is 16.6. The second-order valence-corrected chi connectivity index (χ2v) is 4.53. The molecule has 0 spiro atoms. The maximum atomic E-state index is 10.9. The third kappa shape index (κ3) is 5.26. The summed E-state index contributed by atoms with van der Waals surface area (Å²) in [4.78, 5) is 10.5. The lowest BCUT2D eigenvalue weighted by molar-refractivity contribution is -0.385. The zero-order chi connectivity index (χ0) is 14.1. The summed E-state index contributed by atoms with van der Waals surface area (Å²) in [5, 5.41) is 10.9. The number of ether oxygens (including phenoxy) is 1. The van der Waals surface area contributed by atoms with Crippen molar-refractivity contribution in [1.29, 1.82) is 0 Å². The Hall–Kier alpha value is -1.62. The third-order valence-electron chi connectivity index (χ3n) is 2.96. The molecule has 0 aromatic heterocycles. The average molecular weight is 266 g/mol. The van der Waals surface area contributed by atoms with E-state index in [1.165, 1.54) is 25.3 Å². The van der Waals surface area contributed by atoms with Crippen molar-refractivity contribution in [2.75, 3.05) is 6.61 Å². The zero-order valence-corrected chi connectivity index (χ0v) is 11.4. The maximum absolute atomic E-state index is 10.9. The number of nitro groups is 1. The molecule has 0 aliphatic rings. The molecule has 0 unspecified atom stereocenters. The van der Waals surface area contributed by atoms with Gasteiger partial charge in [-0.3, -0.25) is 10.1 Å². The van der Waals surface area contributed by atoms with Gasteiger partial charge in [0.2, 0.25) is 0 Å². The van der Waals surface area contributed by atoms with Crippen LogP contribution < -0.4 is 10.5 Å². The number of nitro benzene ring substituents is 1. The van der Waals surface area contributed by atoms with E-state index in [-0.39, 0.29) is 12.2 Å². The molecule has 0 aliphatic heterocycles. The number of hydrogen-bond acceptors (Lipinski definition) is 4. The number of benzene rings is 1. The first kappa shape index (κ1) is 15.4. The molecule has 19 heavy (non-hydrogen) atoms. The van der Waals surface area contributed by atoms with Gasteiger partial charge >= 0.3 is 5.69 Å². The van der Waals surface area contributed by atoms with Gasteiger partial charge in [-0.15, -0.1) is 0 Å². The first-order valence-corrected chi connectivity index (χ1v) is 6.79. The molecule has 0 aliphatic carbocycles.